The normalized spacial score (nSPS) is 23.2. The number of carbonyl (C=O) groups is 2. The highest BCUT2D eigenvalue weighted by Crippen LogP contribution is 2.28. The van der Waals surface area contributed by atoms with E-state index in [4.69, 9.17) is 4.74 Å². The first-order chi connectivity index (χ1) is 14.9. The van der Waals surface area contributed by atoms with Crippen molar-refractivity contribution in [2.45, 2.75) is 65.0 Å². The van der Waals surface area contributed by atoms with Gasteiger partial charge in [-0.25, -0.2) is 4.39 Å². The van der Waals surface area contributed by atoms with Crippen molar-refractivity contribution in [2.24, 2.45) is 11.8 Å². The second kappa shape index (κ2) is 9.78. The molecular formula is C25H35FN2O3. The SMILES string of the molecule is Cc1c(CC(=O)CC2COC2)cc(F)cc1CN1CCN(C(=O)C2CCCC2)[C@@H](C)C1. The van der Waals surface area contributed by atoms with Crippen LogP contribution in [0.25, 0.3) is 0 Å². The Labute approximate surface area is 184 Å². The molecule has 0 N–H and O–H groups in total. The number of benzene rings is 1. The molecule has 1 aliphatic carbocycles. The minimum absolute atomic E-state index is 0.153. The van der Waals surface area contributed by atoms with Crippen LogP contribution in [0, 0.1) is 24.6 Å². The van der Waals surface area contributed by atoms with E-state index in [9.17, 15) is 14.0 Å². The van der Waals surface area contributed by atoms with Crippen LogP contribution in [-0.4, -0.2) is 60.4 Å². The summed E-state index contributed by atoms with van der Waals surface area (Å²) in [6.45, 7) is 8.41. The number of ketones is 1. The van der Waals surface area contributed by atoms with Crippen molar-refractivity contribution in [3.63, 3.8) is 0 Å². The first-order valence-electron chi connectivity index (χ1n) is 11.8. The summed E-state index contributed by atoms with van der Waals surface area (Å²) < 4.78 is 19.5. The first kappa shape index (κ1) is 22.4. The van der Waals surface area contributed by atoms with Gasteiger partial charge in [0.25, 0.3) is 0 Å². The summed E-state index contributed by atoms with van der Waals surface area (Å²) in [6.07, 6.45) is 5.20. The van der Waals surface area contributed by atoms with Gasteiger partial charge >= 0.3 is 0 Å². The lowest BCUT2D eigenvalue weighted by atomic mass is 9.93. The predicted molar refractivity (Wildman–Crippen MR) is 117 cm³/mol. The molecule has 31 heavy (non-hydrogen) atoms. The third kappa shape index (κ3) is 5.35. The van der Waals surface area contributed by atoms with Gasteiger partial charge in [-0.05, 0) is 55.5 Å². The van der Waals surface area contributed by atoms with E-state index in [0.29, 0.717) is 38.0 Å². The molecule has 1 amide bonds. The van der Waals surface area contributed by atoms with Crippen LogP contribution >= 0.6 is 0 Å². The molecule has 0 radical (unpaired) electrons. The summed E-state index contributed by atoms with van der Waals surface area (Å²) in [4.78, 5) is 29.6. The minimum atomic E-state index is -0.279. The molecule has 1 saturated carbocycles. The number of piperazine rings is 1. The van der Waals surface area contributed by atoms with Crippen LogP contribution in [-0.2, 0) is 27.3 Å². The second-order valence-electron chi connectivity index (χ2n) is 9.77. The summed E-state index contributed by atoms with van der Waals surface area (Å²) in [6, 6.07) is 3.28. The van der Waals surface area contributed by atoms with Crippen molar-refractivity contribution in [2.75, 3.05) is 32.8 Å². The Hall–Kier alpha value is -1.79. The molecule has 4 rings (SSSR count). The molecule has 3 fully saturated rings. The van der Waals surface area contributed by atoms with Gasteiger partial charge in [-0.1, -0.05) is 12.8 Å². The Balaban J connectivity index is 1.37. The van der Waals surface area contributed by atoms with E-state index in [0.717, 1.165) is 49.2 Å². The van der Waals surface area contributed by atoms with Gasteiger partial charge in [0.05, 0.1) is 13.2 Å². The van der Waals surface area contributed by atoms with Gasteiger partial charge in [0.2, 0.25) is 5.91 Å². The largest absolute Gasteiger partial charge is 0.381 e. The second-order valence-corrected chi connectivity index (χ2v) is 9.77. The highest BCUT2D eigenvalue weighted by Gasteiger charge is 2.33. The summed E-state index contributed by atoms with van der Waals surface area (Å²) in [5.74, 6) is 0.736. The average Bonchev–Trinajstić information content (AvgIpc) is 3.23. The predicted octanol–water partition coefficient (Wildman–Crippen LogP) is 3.51. The zero-order valence-corrected chi connectivity index (χ0v) is 18.9. The molecule has 2 aliphatic heterocycles. The van der Waals surface area contributed by atoms with E-state index in [-0.39, 0.29) is 30.0 Å². The Morgan fingerprint density at radius 1 is 1.13 bits per heavy atom. The molecule has 6 heteroatoms. The number of rotatable bonds is 7. The lowest BCUT2D eigenvalue weighted by molar-refractivity contribution is -0.140. The number of carbonyl (C=O) groups excluding carboxylic acids is 2. The van der Waals surface area contributed by atoms with Crippen LogP contribution in [0.4, 0.5) is 4.39 Å². The molecule has 0 aromatic heterocycles. The van der Waals surface area contributed by atoms with Gasteiger partial charge in [-0.3, -0.25) is 14.5 Å². The smallest absolute Gasteiger partial charge is 0.226 e. The van der Waals surface area contributed by atoms with Crippen LogP contribution in [0.5, 0.6) is 0 Å². The third-order valence-electron chi connectivity index (χ3n) is 7.29. The maximum atomic E-state index is 14.4. The Bertz CT molecular complexity index is 817. The molecule has 170 valence electrons. The Kier molecular flexibility index (Phi) is 7.07. The molecule has 1 aromatic carbocycles. The van der Waals surface area contributed by atoms with Crippen LogP contribution < -0.4 is 0 Å². The zero-order valence-electron chi connectivity index (χ0n) is 18.9. The molecular weight excluding hydrogens is 395 g/mol. The summed E-state index contributed by atoms with van der Waals surface area (Å²) in [5.41, 5.74) is 2.75. The van der Waals surface area contributed by atoms with Gasteiger partial charge in [-0.15, -0.1) is 0 Å². The van der Waals surface area contributed by atoms with Crippen LogP contribution in [0.1, 0.15) is 55.7 Å². The molecule has 0 unspecified atom stereocenters. The van der Waals surface area contributed by atoms with Gasteiger partial charge in [0, 0.05) is 56.9 Å². The number of hydrogen-bond donors (Lipinski definition) is 0. The summed E-state index contributed by atoms with van der Waals surface area (Å²) in [7, 11) is 0. The molecule has 3 aliphatic rings. The fourth-order valence-corrected chi connectivity index (χ4v) is 5.31. The average molecular weight is 431 g/mol. The molecule has 1 aromatic rings. The van der Waals surface area contributed by atoms with Crippen molar-refractivity contribution in [1.29, 1.82) is 0 Å². The molecule has 1 atom stereocenters. The number of Topliss-reactive ketones (excluding diaryl/α,β-unsaturated/α-hetero) is 1. The summed E-state index contributed by atoms with van der Waals surface area (Å²) >= 11 is 0. The van der Waals surface area contributed by atoms with Crippen molar-refractivity contribution < 1.29 is 18.7 Å². The fourth-order valence-electron chi connectivity index (χ4n) is 5.31. The molecule has 2 saturated heterocycles. The summed E-state index contributed by atoms with van der Waals surface area (Å²) in [5, 5.41) is 0. The standard InChI is InChI=1S/C25H35FN2O3/c1-17-13-27(7-8-28(17)25(30)20-5-3-4-6-20)14-22-11-23(26)10-21(18(22)2)12-24(29)9-19-15-31-16-19/h10-11,17,19-20H,3-9,12-16H2,1-2H3/t17-/m0/s1. The molecule has 5 nitrogen and oxygen atoms in total. The van der Waals surface area contributed by atoms with Gasteiger partial charge in [0.1, 0.15) is 11.6 Å². The van der Waals surface area contributed by atoms with Crippen LogP contribution in [0.15, 0.2) is 12.1 Å². The maximum absolute atomic E-state index is 14.4. The fraction of sp³-hybridized carbons (Fsp3) is 0.680. The van der Waals surface area contributed by atoms with Gasteiger partial charge < -0.3 is 9.64 Å². The molecule has 2 heterocycles. The van der Waals surface area contributed by atoms with Crippen molar-refractivity contribution in [1.82, 2.24) is 9.80 Å². The Morgan fingerprint density at radius 2 is 1.84 bits per heavy atom. The zero-order chi connectivity index (χ0) is 22.0. The van der Waals surface area contributed by atoms with E-state index in [1.807, 2.05) is 6.92 Å². The lowest BCUT2D eigenvalue weighted by Gasteiger charge is -2.41. The first-order valence-corrected chi connectivity index (χ1v) is 11.8. The van der Waals surface area contributed by atoms with Crippen molar-refractivity contribution in [3.05, 3.63) is 34.6 Å². The number of hydrogen-bond acceptors (Lipinski definition) is 4. The lowest BCUT2D eigenvalue weighted by Crippen LogP contribution is -2.54. The van der Waals surface area contributed by atoms with E-state index >= 15 is 0 Å². The van der Waals surface area contributed by atoms with E-state index < -0.39 is 0 Å². The number of amides is 1. The van der Waals surface area contributed by atoms with Crippen LogP contribution in [0.2, 0.25) is 0 Å². The monoisotopic (exact) mass is 430 g/mol. The van der Waals surface area contributed by atoms with Crippen molar-refractivity contribution >= 4 is 11.7 Å². The maximum Gasteiger partial charge on any atom is 0.226 e. The number of halogens is 1. The number of nitrogens with zero attached hydrogens (tertiary/aromatic N) is 2. The quantitative estimate of drug-likeness (QED) is 0.664. The Morgan fingerprint density at radius 3 is 2.48 bits per heavy atom. The van der Waals surface area contributed by atoms with E-state index in [2.05, 4.69) is 16.7 Å². The van der Waals surface area contributed by atoms with Gasteiger partial charge in [0.15, 0.2) is 0 Å². The minimum Gasteiger partial charge on any atom is -0.381 e. The third-order valence-corrected chi connectivity index (χ3v) is 7.29. The topological polar surface area (TPSA) is 49.9 Å². The molecule has 0 spiro atoms. The molecule has 0 bridgehead atoms. The highest BCUT2D eigenvalue weighted by atomic mass is 19.1. The van der Waals surface area contributed by atoms with Crippen molar-refractivity contribution in [3.8, 4) is 0 Å². The van der Waals surface area contributed by atoms with E-state index in [1.165, 1.54) is 18.9 Å². The van der Waals surface area contributed by atoms with E-state index in [1.54, 1.807) is 6.07 Å². The van der Waals surface area contributed by atoms with Gasteiger partial charge in [-0.2, -0.15) is 0 Å². The number of ether oxygens (including phenoxy) is 1. The van der Waals surface area contributed by atoms with Crippen LogP contribution in [0.3, 0.4) is 0 Å². The highest BCUT2D eigenvalue weighted by molar-refractivity contribution is 5.81.